The van der Waals surface area contributed by atoms with Gasteiger partial charge in [-0.1, -0.05) is 18.2 Å². The lowest BCUT2D eigenvalue weighted by molar-refractivity contribution is -0.117. The molecule has 1 aromatic carbocycles. The van der Waals surface area contributed by atoms with Crippen molar-refractivity contribution in [3.05, 3.63) is 35.3 Å². The van der Waals surface area contributed by atoms with Crippen LogP contribution in [0, 0.1) is 12.8 Å². The summed E-state index contributed by atoms with van der Waals surface area (Å²) in [6, 6.07) is 8.09. The standard InChI is InChI=1S/C17H21N3OS2/c1-11-10-22-17(19-11)23-14-7-5-13(6-8-14)20-16(21)9-12-3-2-4-15(12)18/h5-8,10,12,15H,2-4,9,18H2,1H3,(H,20,21)/t12-,15+/m0/s1. The summed E-state index contributed by atoms with van der Waals surface area (Å²) in [7, 11) is 0. The Morgan fingerprint density at radius 3 is 2.78 bits per heavy atom. The number of hydrogen-bond donors (Lipinski definition) is 2. The van der Waals surface area contributed by atoms with Gasteiger partial charge in [0.2, 0.25) is 5.91 Å². The number of hydrogen-bond acceptors (Lipinski definition) is 5. The van der Waals surface area contributed by atoms with E-state index in [1.807, 2.05) is 36.6 Å². The summed E-state index contributed by atoms with van der Waals surface area (Å²) in [4.78, 5) is 17.7. The maximum absolute atomic E-state index is 12.1. The minimum Gasteiger partial charge on any atom is -0.327 e. The number of amides is 1. The predicted molar refractivity (Wildman–Crippen MR) is 96.0 cm³/mol. The number of carbonyl (C=O) groups is 1. The molecule has 1 aromatic heterocycles. The van der Waals surface area contributed by atoms with Crippen molar-refractivity contribution in [3.8, 4) is 0 Å². The molecule has 1 amide bonds. The van der Waals surface area contributed by atoms with Gasteiger partial charge >= 0.3 is 0 Å². The highest BCUT2D eigenvalue weighted by Gasteiger charge is 2.25. The Labute approximate surface area is 144 Å². The molecule has 23 heavy (non-hydrogen) atoms. The molecule has 1 saturated carbocycles. The first-order valence-corrected chi connectivity index (χ1v) is 9.55. The van der Waals surface area contributed by atoms with Crippen LogP contribution in [0.3, 0.4) is 0 Å². The largest absolute Gasteiger partial charge is 0.327 e. The van der Waals surface area contributed by atoms with Crippen LogP contribution in [-0.2, 0) is 4.79 Å². The van der Waals surface area contributed by atoms with Crippen molar-refractivity contribution in [3.63, 3.8) is 0 Å². The molecule has 6 heteroatoms. The van der Waals surface area contributed by atoms with Gasteiger partial charge in [0.15, 0.2) is 4.34 Å². The highest BCUT2D eigenvalue weighted by molar-refractivity contribution is 8.01. The van der Waals surface area contributed by atoms with Gasteiger partial charge in [0.05, 0.1) is 0 Å². The first-order valence-electron chi connectivity index (χ1n) is 7.85. The Bertz CT molecular complexity index is 669. The van der Waals surface area contributed by atoms with Crippen LogP contribution >= 0.6 is 23.1 Å². The van der Waals surface area contributed by atoms with Gasteiger partial charge in [-0.2, -0.15) is 0 Å². The van der Waals surface area contributed by atoms with Crippen LogP contribution in [0.4, 0.5) is 5.69 Å². The second-order valence-corrected chi connectivity index (χ2v) is 8.17. The quantitative estimate of drug-likeness (QED) is 0.856. The van der Waals surface area contributed by atoms with E-state index in [4.69, 9.17) is 5.73 Å². The van der Waals surface area contributed by atoms with Crippen LogP contribution in [-0.4, -0.2) is 16.9 Å². The molecule has 0 radical (unpaired) electrons. The molecule has 4 nitrogen and oxygen atoms in total. The minimum atomic E-state index is 0.0586. The van der Waals surface area contributed by atoms with Crippen molar-refractivity contribution >= 4 is 34.7 Å². The third-order valence-electron chi connectivity index (χ3n) is 4.11. The molecule has 1 aliphatic carbocycles. The van der Waals surface area contributed by atoms with Gasteiger partial charge in [-0.15, -0.1) is 11.3 Å². The molecule has 2 atom stereocenters. The number of aromatic nitrogens is 1. The van der Waals surface area contributed by atoms with Crippen LogP contribution < -0.4 is 11.1 Å². The topological polar surface area (TPSA) is 68.0 Å². The number of aryl methyl sites for hydroxylation is 1. The van der Waals surface area contributed by atoms with E-state index in [0.29, 0.717) is 12.3 Å². The normalized spacial score (nSPS) is 20.6. The molecule has 1 fully saturated rings. The number of nitrogens with zero attached hydrogens (tertiary/aromatic N) is 1. The summed E-state index contributed by atoms with van der Waals surface area (Å²) in [5.74, 6) is 0.390. The van der Waals surface area contributed by atoms with Crippen molar-refractivity contribution in [1.29, 1.82) is 0 Å². The highest BCUT2D eigenvalue weighted by Crippen LogP contribution is 2.31. The van der Waals surface area contributed by atoms with Crippen LogP contribution in [0.1, 0.15) is 31.4 Å². The van der Waals surface area contributed by atoms with E-state index in [-0.39, 0.29) is 11.9 Å². The van der Waals surface area contributed by atoms with Crippen molar-refractivity contribution in [1.82, 2.24) is 4.98 Å². The minimum absolute atomic E-state index is 0.0586. The fourth-order valence-electron chi connectivity index (χ4n) is 2.86. The fraction of sp³-hybridized carbons (Fsp3) is 0.412. The lowest BCUT2D eigenvalue weighted by Crippen LogP contribution is -2.28. The van der Waals surface area contributed by atoms with Crippen molar-refractivity contribution in [2.24, 2.45) is 11.7 Å². The molecule has 3 rings (SSSR count). The number of nitrogens with two attached hydrogens (primary N) is 1. The Kier molecular flexibility index (Phi) is 5.35. The number of nitrogens with one attached hydrogen (secondary N) is 1. The summed E-state index contributed by atoms with van der Waals surface area (Å²) in [6.07, 6.45) is 3.77. The van der Waals surface area contributed by atoms with Gasteiger partial charge in [-0.3, -0.25) is 4.79 Å². The van der Waals surface area contributed by atoms with Gasteiger partial charge in [0.1, 0.15) is 0 Å². The summed E-state index contributed by atoms with van der Waals surface area (Å²) >= 11 is 3.29. The van der Waals surface area contributed by atoms with Gasteiger partial charge in [0, 0.05) is 34.1 Å². The first-order chi connectivity index (χ1) is 11.1. The molecule has 0 spiro atoms. The summed E-state index contributed by atoms with van der Waals surface area (Å²) in [6.45, 7) is 2.00. The summed E-state index contributed by atoms with van der Waals surface area (Å²) < 4.78 is 1.04. The van der Waals surface area contributed by atoms with Crippen molar-refractivity contribution < 1.29 is 4.79 Å². The monoisotopic (exact) mass is 347 g/mol. The number of anilines is 1. The molecule has 0 bridgehead atoms. The molecule has 1 heterocycles. The lowest BCUT2D eigenvalue weighted by Gasteiger charge is -2.14. The van der Waals surface area contributed by atoms with E-state index in [1.165, 1.54) is 0 Å². The molecule has 122 valence electrons. The molecule has 2 aromatic rings. The molecule has 1 aliphatic rings. The summed E-state index contributed by atoms with van der Waals surface area (Å²) in [5.41, 5.74) is 7.91. The van der Waals surface area contributed by atoms with Crippen LogP contribution in [0.5, 0.6) is 0 Å². The van der Waals surface area contributed by atoms with Gasteiger partial charge in [-0.25, -0.2) is 4.98 Å². The predicted octanol–water partition coefficient (Wildman–Crippen LogP) is 4.06. The fourth-order valence-corrected chi connectivity index (χ4v) is 4.67. The SMILES string of the molecule is Cc1csc(Sc2ccc(NC(=O)C[C@@H]3CCC[C@H]3N)cc2)n1. The molecular formula is C17H21N3OS2. The Morgan fingerprint density at radius 1 is 1.39 bits per heavy atom. The van der Waals surface area contributed by atoms with E-state index in [0.717, 1.165) is 39.9 Å². The third-order valence-corrected chi connectivity index (χ3v) is 6.17. The molecule has 3 N–H and O–H groups in total. The van der Waals surface area contributed by atoms with E-state index in [1.54, 1.807) is 23.1 Å². The maximum atomic E-state index is 12.1. The highest BCUT2D eigenvalue weighted by atomic mass is 32.2. The Balaban J connectivity index is 1.53. The third kappa shape index (κ3) is 4.56. The average molecular weight is 348 g/mol. The van der Waals surface area contributed by atoms with Gasteiger partial charge in [-0.05, 0) is 49.9 Å². The maximum Gasteiger partial charge on any atom is 0.224 e. The number of carbonyl (C=O) groups excluding carboxylic acids is 1. The first kappa shape index (κ1) is 16.5. The van der Waals surface area contributed by atoms with Crippen LogP contribution in [0.15, 0.2) is 38.9 Å². The Hall–Kier alpha value is -1.37. The molecule has 0 unspecified atom stereocenters. The number of thiazole rings is 1. The smallest absolute Gasteiger partial charge is 0.224 e. The van der Waals surface area contributed by atoms with Gasteiger partial charge in [0.25, 0.3) is 0 Å². The zero-order chi connectivity index (χ0) is 16.2. The lowest BCUT2D eigenvalue weighted by atomic mass is 10.00. The number of benzene rings is 1. The number of rotatable bonds is 5. The van der Waals surface area contributed by atoms with E-state index >= 15 is 0 Å². The van der Waals surface area contributed by atoms with Crippen LogP contribution in [0.2, 0.25) is 0 Å². The average Bonchev–Trinajstić information content (AvgIpc) is 3.10. The Morgan fingerprint density at radius 2 is 2.17 bits per heavy atom. The van der Waals surface area contributed by atoms with Crippen molar-refractivity contribution in [2.45, 2.75) is 47.9 Å². The van der Waals surface area contributed by atoms with E-state index in [9.17, 15) is 4.79 Å². The van der Waals surface area contributed by atoms with E-state index in [2.05, 4.69) is 10.3 Å². The molecule has 0 aliphatic heterocycles. The van der Waals surface area contributed by atoms with E-state index < -0.39 is 0 Å². The molecular weight excluding hydrogens is 326 g/mol. The zero-order valence-corrected chi connectivity index (χ0v) is 14.8. The second kappa shape index (κ2) is 7.47. The molecule has 0 saturated heterocycles. The van der Waals surface area contributed by atoms with Gasteiger partial charge < -0.3 is 11.1 Å². The summed E-state index contributed by atoms with van der Waals surface area (Å²) in [5, 5.41) is 5.01. The zero-order valence-electron chi connectivity index (χ0n) is 13.1. The van der Waals surface area contributed by atoms with Crippen molar-refractivity contribution in [2.75, 3.05) is 5.32 Å². The van der Waals surface area contributed by atoms with Crippen LogP contribution in [0.25, 0.3) is 0 Å². The second-order valence-electron chi connectivity index (χ2n) is 5.99.